The molecule has 0 bridgehead atoms. The summed E-state index contributed by atoms with van der Waals surface area (Å²) in [6, 6.07) is 4.35. The van der Waals surface area contributed by atoms with Crippen LogP contribution in [0.1, 0.15) is 46.1 Å². The van der Waals surface area contributed by atoms with Crippen molar-refractivity contribution in [3.8, 4) is 0 Å². The second-order valence-electron chi connectivity index (χ2n) is 6.61. The molecule has 1 aromatic rings. The van der Waals surface area contributed by atoms with Crippen molar-refractivity contribution in [2.45, 2.75) is 52.6 Å². The summed E-state index contributed by atoms with van der Waals surface area (Å²) in [6.45, 7) is 12.2. The smallest absolute Gasteiger partial charge is 0.129 e. The molecule has 106 valence electrons. The van der Waals surface area contributed by atoms with Gasteiger partial charge >= 0.3 is 0 Å². The van der Waals surface area contributed by atoms with Crippen LogP contribution >= 0.6 is 0 Å². The Morgan fingerprint density at radius 1 is 1.42 bits per heavy atom. The van der Waals surface area contributed by atoms with Crippen molar-refractivity contribution >= 4 is 5.82 Å². The minimum absolute atomic E-state index is 0.247. The number of hydrogen-bond donors (Lipinski definition) is 1. The van der Waals surface area contributed by atoms with Crippen LogP contribution in [0.15, 0.2) is 18.3 Å². The zero-order valence-corrected chi connectivity index (χ0v) is 12.7. The van der Waals surface area contributed by atoms with Gasteiger partial charge in [-0.05, 0) is 56.8 Å². The minimum Gasteiger partial charge on any atom is -0.351 e. The molecule has 2 rings (SSSR count). The Kier molecular flexibility index (Phi) is 4.46. The van der Waals surface area contributed by atoms with Crippen LogP contribution in [-0.4, -0.2) is 23.6 Å². The molecule has 0 aromatic carbocycles. The van der Waals surface area contributed by atoms with Crippen molar-refractivity contribution in [3.05, 3.63) is 23.9 Å². The van der Waals surface area contributed by atoms with E-state index in [1.807, 2.05) is 6.20 Å². The van der Waals surface area contributed by atoms with Gasteiger partial charge in [0.25, 0.3) is 0 Å². The Labute approximate surface area is 117 Å². The Morgan fingerprint density at radius 2 is 2.21 bits per heavy atom. The highest BCUT2D eigenvalue weighted by atomic mass is 15.3. The summed E-state index contributed by atoms with van der Waals surface area (Å²) in [6.07, 6.45) is 4.46. The SMILES string of the molecule is CC(C)CNCc1ccnc(N2CCCC2(C)C)c1. The quantitative estimate of drug-likeness (QED) is 0.882. The fourth-order valence-electron chi connectivity index (χ4n) is 2.76. The molecule has 0 spiro atoms. The molecule has 3 nitrogen and oxygen atoms in total. The molecule has 1 aliphatic rings. The molecule has 0 radical (unpaired) electrons. The van der Waals surface area contributed by atoms with E-state index in [1.165, 1.54) is 18.4 Å². The Bertz CT molecular complexity index is 412. The average molecular weight is 261 g/mol. The number of nitrogens with one attached hydrogen (secondary N) is 1. The lowest BCUT2D eigenvalue weighted by Gasteiger charge is -2.32. The third-order valence-electron chi connectivity index (χ3n) is 3.87. The van der Waals surface area contributed by atoms with Crippen LogP contribution in [0.5, 0.6) is 0 Å². The number of nitrogens with zero attached hydrogens (tertiary/aromatic N) is 2. The van der Waals surface area contributed by atoms with Crippen molar-refractivity contribution in [2.24, 2.45) is 5.92 Å². The van der Waals surface area contributed by atoms with Gasteiger partial charge in [0, 0.05) is 24.8 Å². The van der Waals surface area contributed by atoms with Gasteiger partial charge in [0.15, 0.2) is 0 Å². The van der Waals surface area contributed by atoms with Crippen LogP contribution in [0.3, 0.4) is 0 Å². The van der Waals surface area contributed by atoms with E-state index in [-0.39, 0.29) is 5.54 Å². The normalized spacial score (nSPS) is 18.3. The third-order valence-corrected chi connectivity index (χ3v) is 3.87. The van der Waals surface area contributed by atoms with E-state index in [0.29, 0.717) is 5.92 Å². The van der Waals surface area contributed by atoms with Crippen molar-refractivity contribution in [3.63, 3.8) is 0 Å². The fraction of sp³-hybridized carbons (Fsp3) is 0.688. The summed E-state index contributed by atoms with van der Waals surface area (Å²) in [5.41, 5.74) is 1.57. The lowest BCUT2D eigenvalue weighted by atomic mass is 10.0. The Morgan fingerprint density at radius 3 is 2.84 bits per heavy atom. The molecule has 2 heterocycles. The van der Waals surface area contributed by atoms with Crippen LogP contribution in [0.25, 0.3) is 0 Å². The van der Waals surface area contributed by atoms with E-state index in [4.69, 9.17) is 0 Å². The van der Waals surface area contributed by atoms with E-state index >= 15 is 0 Å². The van der Waals surface area contributed by atoms with Crippen molar-refractivity contribution < 1.29 is 0 Å². The number of rotatable bonds is 5. The van der Waals surface area contributed by atoms with E-state index in [0.717, 1.165) is 25.5 Å². The average Bonchev–Trinajstić information content (AvgIpc) is 2.69. The highest BCUT2D eigenvalue weighted by Gasteiger charge is 2.32. The van der Waals surface area contributed by atoms with Crippen LogP contribution in [-0.2, 0) is 6.54 Å². The van der Waals surface area contributed by atoms with Crippen molar-refractivity contribution in [1.82, 2.24) is 10.3 Å². The molecule has 0 aliphatic carbocycles. The molecule has 0 unspecified atom stereocenters. The first-order valence-electron chi connectivity index (χ1n) is 7.42. The topological polar surface area (TPSA) is 28.2 Å². The molecule has 19 heavy (non-hydrogen) atoms. The van der Waals surface area contributed by atoms with Gasteiger partial charge in [-0.1, -0.05) is 13.8 Å². The van der Waals surface area contributed by atoms with Gasteiger partial charge in [0.1, 0.15) is 5.82 Å². The summed E-state index contributed by atoms with van der Waals surface area (Å²) < 4.78 is 0. The first-order chi connectivity index (χ1) is 8.99. The van der Waals surface area contributed by atoms with Gasteiger partial charge in [-0.3, -0.25) is 0 Å². The molecular formula is C16H27N3. The van der Waals surface area contributed by atoms with Crippen LogP contribution in [0, 0.1) is 5.92 Å². The summed E-state index contributed by atoms with van der Waals surface area (Å²) in [7, 11) is 0. The van der Waals surface area contributed by atoms with E-state index in [9.17, 15) is 0 Å². The maximum atomic E-state index is 4.56. The van der Waals surface area contributed by atoms with E-state index in [1.54, 1.807) is 0 Å². The number of hydrogen-bond acceptors (Lipinski definition) is 3. The summed E-state index contributed by atoms with van der Waals surface area (Å²) in [5.74, 6) is 1.82. The number of aromatic nitrogens is 1. The maximum absolute atomic E-state index is 4.56. The second kappa shape index (κ2) is 5.91. The molecule has 1 aromatic heterocycles. The molecular weight excluding hydrogens is 234 g/mol. The lowest BCUT2D eigenvalue weighted by Crippen LogP contribution is -2.38. The molecule has 0 amide bonds. The minimum atomic E-state index is 0.247. The maximum Gasteiger partial charge on any atom is 0.129 e. The summed E-state index contributed by atoms with van der Waals surface area (Å²) in [4.78, 5) is 7.00. The molecule has 0 atom stereocenters. The lowest BCUT2D eigenvalue weighted by molar-refractivity contribution is 0.513. The van der Waals surface area contributed by atoms with E-state index in [2.05, 4.69) is 55.0 Å². The molecule has 1 fully saturated rings. The van der Waals surface area contributed by atoms with E-state index < -0.39 is 0 Å². The monoisotopic (exact) mass is 261 g/mol. The Hall–Kier alpha value is -1.09. The molecule has 1 saturated heterocycles. The highest BCUT2D eigenvalue weighted by molar-refractivity contribution is 5.45. The third kappa shape index (κ3) is 3.69. The zero-order valence-electron chi connectivity index (χ0n) is 12.7. The molecule has 0 saturated carbocycles. The molecule has 1 aliphatic heterocycles. The van der Waals surface area contributed by atoms with Gasteiger partial charge < -0.3 is 10.2 Å². The Balaban J connectivity index is 2.03. The predicted octanol–water partition coefficient (Wildman–Crippen LogP) is 3.21. The van der Waals surface area contributed by atoms with Crippen LogP contribution in [0.4, 0.5) is 5.82 Å². The largest absolute Gasteiger partial charge is 0.351 e. The predicted molar refractivity (Wildman–Crippen MR) is 81.4 cm³/mol. The molecule has 1 N–H and O–H groups in total. The van der Waals surface area contributed by atoms with Crippen LogP contribution in [0.2, 0.25) is 0 Å². The van der Waals surface area contributed by atoms with Gasteiger partial charge in [-0.25, -0.2) is 4.98 Å². The molecule has 3 heteroatoms. The van der Waals surface area contributed by atoms with Gasteiger partial charge in [-0.2, -0.15) is 0 Å². The van der Waals surface area contributed by atoms with Crippen molar-refractivity contribution in [2.75, 3.05) is 18.0 Å². The number of anilines is 1. The highest BCUT2D eigenvalue weighted by Crippen LogP contribution is 2.32. The number of pyridine rings is 1. The van der Waals surface area contributed by atoms with Crippen molar-refractivity contribution in [1.29, 1.82) is 0 Å². The van der Waals surface area contributed by atoms with Gasteiger partial charge in [0.05, 0.1) is 0 Å². The zero-order chi connectivity index (χ0) is 13.9. The fourth-order valence-corrected chi connectivity index (χ4v) is 2.76. The second-order valence-corrected chi connectivity index (χ2v) is 6.61. The first kappa shape index (κ1) is 14.3. The summed E-state index contributed by atoms with van der Waals surface area (Å²) in [5, 5.41) is 3.49. The first-order valence-corrected chi connectivity index (χ1v) is 7.42. The van der Waals surface area contributed by atoms with Gasteiger partial charge in [0.2, 0.25) is 0 Å². The summed E-state index contributed by atoms with van der Waals surface area (Å²) >= 11 is 0. The van der Waals surface area contributed by atoms with Gasteiger partial charge in [-0.15, -0.1) is 0 Å². The standard InChI is InChI=1S/C16H27N3/c1-13(2)11-17-12-14-6-8-18-15(10-14)19-9-5-7-16(19,3)4/h6,8,10,13,17H,5,7,9,11-12H2,1-4H3. The van der Waals surface area contributed by atoms with Crippen LogP contribution < -0.4 is 10.2 Å².